The first-order chi connectivity index (χ1) is 5.85. The van der Waals surface area contributed by atoms with Gasteiger partial charge in [-0.15, -0.1) is 4.91 Å². The Morgan fingerprint density at radius 1 is 1.33 bits per heavy atom. The van der Waals surface area contributed by atoms with Crippen molar-refractivity contribution in [3.8, 4) is 0 Å². The molecule has 0 saturated carbocycles. The molecular formula is C7H16N2O3. The summed E-state index contributed by atoms with van der Waals surface area (Å²) in [5.41, 5.74) is 2.30. The van der Waals surface area contributed by atoms with E-state index in [9.17, 15) is 4.91 Å². The maximum atomic E-state index is 9.66. The van der Waals surface area contributed by atoms with Gasteiger partial charge in [0.25, 0.3) is 0 Å². The molecule has 0 aromatic heterocycles. The first-order valence-electron chi connectivity index (χ1n) is 4.13. The second-order valence-corrected chi connectivity index (χ2v) is 2.13. The molecule has 0 amide bonds. The zero-order valence-corrected chi connectivity index (χ0v) is 7.58. The minimum absolute atomic E-state index is 0.228. The molecule has 72 valence electrons. The largest absolute Gasteiger partial charge is 0.353 e. The van der Waals surface area contributed by atoms with Crippen molar-refractivity contribution in [1.82, 2.24) is 5.43 Å². The minimum atomic E-state index is -0.228. The number of nitroso groups, excluding NO2 is 1. The molecule has 12 heavy (non-hydrogen) atoms. The summed E-state index contributed by atoms with van der Waals surface area (Å²) in [5, 5.41) is 2.52. The highest BCUT2D eigenvalue weighted by molar-refractivity contribution is 4.47. The van der Waals surface area contributed by atoms with Crippen LogP contribution >= 0.6 is 0 Å². The molecule has 0 aromatic carbocycles. The van der Waals surface area contributed by atoms with E-state index in [1.54, 1.807) is 0 Å². The van der Waals surface area contributed by atoms with E-state index in [-0.39, 0.29) is 6.29 Å². The zero-order valence-electron chi connectivity index (χ0n) is 7.58. The van der Waals surface area contributed by atoms with E-state index in [1.807, 2.05) is 13.8 Å². The Kier molecular flexibility index (Phi) is 7.94. The van der Waals surface area contributed by atoms with Crippen molar-refractivity contribution in [2.45, 2.75) is 26.6 Å². The molecule has 0 spiro atoms. The van der Waals surface area contributed by atoms with Gasteiger partial charge >= 0.3 is 0 Å². The molecule has 0 heterocycles. The molecule has 0 aliphatic rings. The number of nitrogens with zero attached hydrogens (tertiary/aromatic N) is 1. The van der Waals surface area contributed by atoms with Crippen molar-refractivity contribution in [2.24, 2.45) is 5.29 Å². The summed E-state index contributed by atoms with van der Waals surface area (Å²) < 4.78 is 10.4. The van der Waals surface area contributed by atoms with Gasteiger partial charge in [0, 0.05) is 31.5 Å². The number of hydrogen-bond acceptors (Lipinski definition) is 4. The van der Waals surface area contributed by atoms with Crippen LogP contribution < -0.4 is 5.43 Å². The summed E-state index contributed by atoms with van der Waals surface area (Å²) in [4.78, 5) is 9.66. The molecule has 0 unspecified atom stereocenters. The summed E-state index contributed by atoms with van der Waals surface area (Å²) >= 11 is 0. The molecule has 0 atom stereocenters. The maximum absolute atomic E-state index is 9.66. The maximum Gasteiger partial charge on any atom is 0.159 e. The van der Waals surface area contributed by atoms with Gasteiger partial charge in [0.15, 0.2) is 6.29 Å². The van der Waals surface area contributed by atoms with Crippen LogP contribution in [0.25, 0.3) is 0 Å². The fraction of sp³-hybridized carbons (Fsp3) is 1.00. The van der Waals surface area contributed by atoms with Gasteiger partial charge in [-0.05, 0) is 13.8 Å². The topological polar surface area (TPSA) is 59.9 Å². The normalized spacial score (nSPS) is 10.2. The smallest absolute Gasteiger partial charge is 0.159 e. The van der Waals surface area contributed by atoms with E-state index in [0.717, 1.165) is 0 Å². The Hall–Kier alpha value is -0.680. The van der Waals surface area contributed by atoms with Gasteiger partial charge in [-0.1, -0.05) is 0 Å². The van der Waals surface area contributed by atoms with Crippen LogP contribution in [-0.4, -0.2) is 26.0 Å². The average molecular weight is 176 g/mol. The SMILES string of the molecule is CCOC(CCNN=O)OCC. The van der Waals surface area contributed by atoms with Gasteiger partial charge in [-0.25, -0.2) is 0 Å². The Morgan fingerprint density at radius 2 is 1.92 bits per heavy atom. The summed E-state index contributed by atoms with van der Waals surface area (Å²) in [6.45, 7) is 5.50. The fourth-order valence-electron chi connectivity index (χ4n) is 0.815. The van der Waals surface area contributed by atoms with Crippen molar-refractivity contribution < 1.29 is 9.47 Å². The van der Waals surface area contributed by atoms with Crippen LogP contribution in [0, 0.1) is 4.91 Å². The van der Waals surface area contributed by atoms with E-state index in [1.165, 1.54) is 0 Å². The first kappa shape index (κ1) is 11.3. The number of hydrogen-bond donors (Lipinski definition) is 1. The molecule has 0 aliphatic carbocycles. The molecule has 0 aromatic rings. The fourth-order valence-corrected chi connectivity index (χ4v) is 0.815. The van der Waals surface area contributed by atoms with Crippen LogP contribution in [0.4, 0.5) is 0 Å². The molecular weight excluding hydrogens is 160 g/mol. The predicted octanol–water partition coefficient (Wildman–Crippen LogP) is 1.05. The molecule has 0 aliphatic heterocycles. The van der Waals surface area contributed by atoms with Crippen LogP contribution in [0.1, 0.15) is 20.3 Å². The van der Waals surface area contributed by atoms with E-state index < -0.39 is 0 Å². The average Bonchev–Trinajstić information content (AvgIpc) is 2.06. The quantitative estimate of drug-likeness (QED) is 0.260. The lowest BCUT2D eigenvalue weighted by molar-refractivity contribution is -0.138. The van der Waals surface area contributed by atoms with Crippen LogP contribution in [0.3, 0.4) is 0 Å². The van der Waals surface area contributed by atoms with Crippen molar-refractivity contribution in [2.75, 3.05) is 19.8 Å². The Labute approximate surface area is 72.4 Å². The number of nitrogens with one attached hydrogen (secondary N) is 1. The van der Waals surface area contributed by atoms with E-state index in [0.29, 0.717) is 26.2 Å². The van der Waals surface area contributed by atoms with Crippen LogP contribution in [-0.2, 0) is 9.47 Å². The van der Waals surface area contributed by atoms with Gasteiger partial charge in [0.05, 0.1) is 0 Å². The lowest BCUT2D eigenvalue weighted by atomic mass is 10.4. The van der Waals surface area contributed by atoms with E-state index in [4.69, 9.17) is 9.47 Å². The van der Waals surface area contributed by atoms with Crippen LogP contribution in [0.2, 0.25) is 0 Å². The van der Waals surface area contributed by atoms with Crippen molar-refractivity contribution in [3.05, 3.63) is 4.91 Å². The van der Waals surface area contributed by atoms with Crippen molar-refractivity contribution in [3.63, 3.8) is 0 Å². The van der Waals surface area contributed by atoms with E-state index in [2.05, 4.69) is 10.7 Å². The third-order valence-electron chi connectivity index (χ3n) is 1.26. The van der Waals surface area contributed by atoms with E-state index >= 15 is 0 Å². The monoisotopic (exact) mass is 176 g/mol. The first-order valence-corrected chi connectivity index (χ1v) is 4.13. The lowest BCUT2D eigenvalue weighted by Gasteiger charge is -2.15. The molecule has 0 rings (SSSR count). The molecule has 1 N–H and O–H groups in total. The molecule has 0 bridgehead atoms. The van der Waals surface area contributed by atoms with Crippen molar-refractivity contribution in [1.29, 1.82) is 0 Å². The highest BCUT2D eigenvalue weighted by Crippen LogP contribution is 1.99. The standard InChI is InChI=1S/C7H16N2O3/c1-3-11-7(12-4-2)5-6-8-9-10/h7H,3-6H2,1-2H3,(H,8,10). The van der Waals surface area contributed by atoms with Gasteiger partial charge in [0.1, 0.15) is 0 Å². The third kappa shape index (κ3) is 6.06. The van der Waals surface area contributed by atoms with Crippen LogP contribution in [0.15, 0.2) is 5.29 Å². The zero-order chi connectivity index (χ0) is 9.23. The van der Waals surface area contributed by atoms with Gasteiger partial charge in [-0.2, -0.15) is 0 Å². The third-order valence-corrected chi connectivity index (χ3v) is 1.26. The summed E-state index contributed by atoms with van der Waals surface area (Å²) in [7, 11) is 0. The van der Waals surface area contributed by atoms with Crippen LogP contribution in [0.5, 0.6) is 0 Å². The Balaban J connectivity index is 3.40. The van der Waals surface area contributed by atoms with Gasteiger partial charge in [0.2, 0.25) is 0 Å². The molecule has 5 heteroatoms. The Morgan fingerprint density at radius 3 is 2.33 bits per heavy atom. The number of ether oxygens (including phenoxy) is 2. The minimum Gasteiger partial charge on any atom is -0.353 e. The second-order valence-electron chi connectivity index (χ2n) is 2.13. The highest BCUT2D eigenvalue weighted by Gasteiger charge is 2.06. The second kappa shape index (κ2) is 8.42. The highest BCUT2D eigenvalue weighted by atomic mass is 16.7. The summed E-state index contributed by atoms with van der Waals surface area (Å²) in [6.07, 6.45) is 0.405. The lowest BCUT2D eigenvalue weighted by Crippen LogP contribution is -2.22. The van der Waals surface area contributed by atoms with Gasteiger partial charge in [-0.3, -0.25) is 5.43 Å². The summed E-state index contributed by atoms with van der Waals surface area (Å²) in [5.74, 6) is 0. The molecule has 0 saturated heterocycles. The summed E-state index contributed by atoms with van der Waals surface area (Å²) in [6, 6.07) is 0. The molecule has 0 fully saturated rings. The molecule has 0 radical (unpaired) electrons. The van der Waals surface area contributed by atoms with Gasteiger partial charge < -0.3 is 9.47 Å². The van der Waals surface area contributed by atoms with Crippen molar-refractivity contribution >= 4 is 0 Å². The number of rotatable bonds is 8. The molecule has 5 nitrogen and oxygen atoms in total. The Bertz CT molecular complexity index is 105. The predicted molar refractivity (Wildman–Crippen MR) is 45.5 cm³/mol.